The molecule has 0 saturated carbocycles. The van der Waals surface area contributed by atoms with Crippen LogP contribution in [0.4, 0.5) is 9.18 Å². The van der Waals surface area contributed by atoms with Crippen LogP contribution in [0.5, 0.6) is 0 Å². The number of nitrogens with one attached hydrogen (secondary N) is 1. The van der Waals surface area contributed by atoms with Gasteiger partial charge in [0.05, 0.1) is 24.5 Å². The van der Waals surface area contributed by atoms with E-state index in [1.54, 1.807) is 23.3 Å². The molecule has 146 valence electrons. The molecular weight excluding hydrogens is 365 g/mol. The van der Waals surface area contributed by atoms with Crippen molar-refractivity contribution >= 4 is 11.9 Å². The lowest BCUT2D eigenvalue weighted by molar-refractivity contribution is -0.124. The number of urea groups is 1. The van der Waals surface area contributed by atoms with E-state index in [-0.39, 0.29) is 24.8 Å². The number of benzene rings is 1. The van der Waals surface area contributed by atoms with E-state index >= 15 is 0 Å². The Balaban J connectivity index is 1.47. The molecule has 3 amide bonds. The first-order valence-electron chi connectivity index (χ1n) is 8.91. The lowest BCUT2D eigenvalue weighted by Gasteiger charge is -2.17. The molecule has 2 aliphatic rings. The van der Waals surface area contributed by atoms with Gasteiger partial charge in [0.15, 0.2) is 0 Å². The van der Waals surface area contributed by atoms with E-state index in [2.05, 4.69) is 10.6 Å². The number of hydrogen-bond acceptors (Lipinski definition) is 6. The molecule has 2 aromatic rings. The molecule has 1 saturated heterocycles. The van der Waals surface area contributed by atoms with Gasteiger partial charge in [-0.25, -0.2) is 19.5 Å². The lowest BCUT2D eigenvalue weighted by Crippen LogP contribution is -2.34. The molecule has 0 bridgehead atoms. The summed E-state index contributed by atoms with van der Waals surface area (Å²) >= 11 is 0. The van der Waals surface area contributed by atoms with Crippen molar-refractivity contribution in [1.82, 2.24) is 25.4 Å². The van der Waals surface area contributed by atoms with Gasteiger partial charge in [-0.15, -0.1) is 0 Å². The van der Waals surface area contributed by atoms with Crippen molar-refractivity contribution in [2.24, 2.45) is 0 Å². The minimum Gasteiger partial charge on any atom is -0.361 e. The number of hydrazine groups is 1. The fourth-order valence-corrected chi connectivity index (χ4v) is 3.40. The summed E-state index contributed by atoms with van der Waals surface area (Å²) in [4.78, 5) is 27.8. The summed E-state index contributed by atoms with van der Waals surface area (Å²) in [5.74, 6) is 0.0642. The van der Waals surface area contributed by atoms with Crippen LogP contribution in [-0.4, -0.2) is 45.0 Å². The van der Waals surface area contributed by atoms with Crippen molar-refractivity contribution in [2.45, 2.75) is 26.9 Å². The maximum absolute atomic E-state index is 13.4. The van der Waals surface area contributed by atoms with E-state index in [9.17, 15) is 14.0 Å². The molecule has 0 aliphatic carbocycles. The fraction of sp³-hybridized carbons (Fsp3) is 0.316. The summed E-state index contributed by atoms with van der Waals surface area (Å²) < 4.78 is 18.5. The molecule has 8 nitrogen and oxygen atoms in total. The van der Waals surface area contributed by atoms with Crippen LogP contribution < -0.4 is 5.43 Å². The van der Waals surface area contributed by atoms with Gasteiger partial charge in [-0.2, -0.15) is 0 Å². The van der Waals surface area contributed by atoms with Crippen LogP contribution in [0.1, 0.15) is 22.6 Å². The van der Waals surface area contributed by atoms with Crippen molar-refractivity contribution < 1.29 is 18.5 Å². The molecule has 28 heavy (non-hydrogen) atoms. The van der Waals surface area contributed by atoms with Gasteiger partial charge in [-0.3, -0.25) is 4.79 Å². The maximum atomic E-state index is 13.4. The number of carbonyl (C=O) groups is 2. The van der Waals surface area contributed by atoms with Crippen LogP contribution in [0.25, 0.3) is 0 Å². The summed E-state index contributed by atoms with van der Waals surface area (Å²) in [6.45, 7) is 4.72. The van der Waals surface area contributed by atoms with Crippen molar-refractivity contribution in [2.75, 3.05) is 13.1 Å². The van der Waals surface area contributed by atoms with Crippen molar-refractivity contribution in [3.63, 3.8) is 0 Å². The molecule has 1 N–H and O–H groups in total. The monoisotopic (exact) mass is 385 g/mol. The van der Waals surface area contributed by atoms with Crippen LogP contribution in [0, 0.1) is 19.7 Å². The Hall–Kier alpha value is -3.20. The Labute approximate surface area is 161 Å². The van der Waals surface area contributed by atoms with Gasteiger partial charge in [0.25, 0.3) is 5.91 Å². The van der Waals surface area contributed by atoms with Crippen LogP contribution in [-0.2, 0) is 17.9 Å². The standard InChI is InChI=1S/C19H20FN5O3/c1-12-17(13(2)28-22-12)10-24-9-16(7-21-24)25-18(26)11-23(19(25)27)8-14-4-3-5-15(20)6-14/h3-6,9,21H,7-8,10-11H2,1-2H3. The van der Waals surface area contributed by atoms with Crippen LogP contribution in [0.3, 0.4) is 0 Å². The molecule has 0 spiro atoms. The second-order valence-corrected chi connectivity index (χ2v) is 6.88. The first-order chi connectivity index (χ1) is 13.4. The third kappa shape index (κ3) is 3.36. The number of imide groups is 1. The van der Waals surface area contributed by atoms with E-state index < -0.39 is 6.03 Å². The number of amides is 3. The van der Waals surface area contributed by atoms with Gasteiger partial charge < -0.3 is 14.4 Å². The molecule has 4 rings (SSSR count). The number of hydrogen-bond donors (Lipinski definition) is 1. The van der Waals surface area contributed by atoms with E-state index in [1.807, 2.05) is 13.8 Å². The quantitative estimate of drug-likeness (QED) is 0.794. The van der Waals surface area contributed by atoms with Gasteiger partial charge >= 0.3 is 6.03 Å². The normalized spacial score (nSPS) is 17.1. The number of aromatic nitrogens is 1. The summed E-state index contributed by atoms with van der Waals surface area (Å²) in [5.41, 5.74) is 6.12. The minimum absolute atomic E-state index is 0.0312. The molecule has 0 atom stereocenters. The summed E-state index contributed by atoms with van der Waals surface area (Å²) in [5, 5.41) is 5.74. The highest BCUT2D eigenvalue weighted by atomic mass is 19.1. The van der Waals surface area contributed by atoms with Crippen molar-refractivity contribution in [3.05, 3.63) is 64.6 Å². The third-order valence-corrected chi connectivity index (χ3v) is 4.86. The predicted molar refractivity (Wildman–Crippen MR) is 96.7 cm³/mol. The minimum atomic E-state index is -0.401. The molecule has 0 radical (unpaired) electrons. The molecule has 1 aromatic carbocycles. The van der Waals surface area contributed by atoms with Crippen LogP contribution >= 0.6 is 0 Å². The molecule has 2 aliphatic heterocycles. The maximum Gasteiger partial charge on any atom is 0.332 e. The van der Waals surface area contributed by atoms with E-state index in [0.29, 0.717) is 24.4 Å². The van der Waals surface area contributed by atoms with Gasteiger partial charge in [0.1, 0.15) is 18.1 Å². The Bertz CT molecular complexity index is 951. The Kier molecular flexibility index (Phi) is 4.60. The SMILES string of the molecule is Cc1noc(C)c1CN1C=C(N2C(=O)CN(Cc3cccc(F)c3)C2=O)CN1. The lowest BCUT2D eigenvalue weighted by atomic mass is 10.2. The van der Waals surface area contributed by atoms with Crippen molar-refractivity contribution in [1.29, 1.82) is 0 Å². The highest BCUT2D eigenvalue weighted by molar-refractivity contribution is 6.03. The van der Waals surface area contributed by atoms with E-state index in [0.717, 1.165) is 17.0 Å². The Morgan fingerprint density at radius 2 is 2.07 bits per heavy atom. The zero-order valence-corrected chi connectivity index (χ0v) is 15.6. The second kappa shape index (κ2) is 7.08. The average molecular weight is 385 g/mol. The summed E-state index contributed by atoms with van der Waals surface area (Å²) in [6.07, 6.45) is 1.74. The summed E-state index contributed by atoms with van der Waals surface area (Å²) in [7, 11) is 0. The van der Waals surface area contributed by atoms with Gasteiger partial charge in [0, 0.05) is 18.3 Å². The number of rotatable bonds is 5. The molecule has 3 heterocycles. The molecule has 1 aromatic heterocycles. The van der Waals surface area contributed by atoms with Gasteiger partial charge in [-0.1, -0.05) is 17.3 Å². The van der Waals surface area contributed by atoms with Crippen molar-refractivity contribution in [3.8, 4) is 0 Å². The smallest absolute Gasteiger partial charge is 0.332 e. The number of aryl methyl sites for hydroxylation is 2. The fourth-order valence-electron chi connectivity index (χ4n) is 3.40. The Morgan fingerprint density at radius 3 is 2.79 bits per heavy atom. The predicted octanol–water partition coefficient (Wildman–Crippen LogP) is 2.06. The first-order valence-corrected chi connectivity index (χ1v) is 8.91. The largest absolute Gasteiger partial charge is 0.361 e. The highest BCUT2D eigenvalue weighted by Crippen LogP contribution is 2.23. The van der Waals surface area contributed by atoms with Crippen LogP contribution in [0.15, 0.2) is 40.7 Å². The highest BCUT2D eigenvalue weighted by Gasteiger charge is 2.39. The van der Waals surface area contributed by atoms with Crippen LogP contribution in [0.2, 0.25) is 0 Å². The molecule has 0 unspecified atom stereocenters. The topological polar surface area (TPSA) is 81.9 Å². The number of carbonyl (C=O) groups excluding carboxylic acids is 2. The number of nitrogens with zero attached hydrogens (tertiary/aromatic N) is 4. The zero-order valence-electron chi connectivity index (χ0n) is 15.6. The van der Waals surface area contributed by atoms with Gasteiger partial charge in [-0.05, 0) is 31.5 Å². The molecule has 1 fully saturated rings. The number of halogens is 1. The Morgan fingerprint density at radius 1 is 1.25 bits per heavy atom. The summed E-state index contributed by atoms with van der Waals surface area (Å²) in [6, 6.07) is 5.62. The average Bonchev–Trinajstić information content (AvgIpc) is 3.30. The molecular formula is C19H20FN5O3. The third-order valence-electron chi connectivity index (χ3n) is 4.86. The second-order valence-electron chi connectivity index (χ2n) is 6.88. The van der Waals surface area contributed by atoms with E-state index in [1.165, 1.54) is 21.9 Å². The molecule has 9 heteroatoms. The van der Waals surface area contributed by atoms with Gasteiger partial charge in [0.2, 0.25) is 0 Å². The van der Waals surface area contributed by atoms with E-state index in [4.69, 9.17) is 4.52 Å². The first kappa shape index (κ1) is 18.2. The zero-order chi connectivity index (χ0) is 19.8.